The quantitative estimate of drug-likeness (QED) is 0.628. The van der Waals surface area contributed by atoms with E-state index in [0.29, 0.717) is 23.8 Å². The number of rotatable bonds is 4. The molecule has 4 heteroatoms. The molecule has 3 rings (SSSR count). The summed E-state index contributed by atoms with van der Waals surface area (Å²) in [6.45, 7) is 4.15. The van der Waals surface area contributed by atoms with Gasteiger partial charge in [0.05, 0.1) is 7.11 Å². The van der Waals surface area contributed by atoms with E-state index in [0.717, 1.165) is 12.0 Å². The molecule has 0 spiro atoms. The Morgan fingerprint density at radius 2 is 1.95 bits per heavy atom. The van der Waals surface area contributed by atoms with Crippen LogP contribution in [0.4, 0.5) is 0 Å². The van der Waals surface area contributed by atoms with Crippen LogP contribution in [-0.4, -0.2) is 18.9 Å². The number of methoxy groups -OCH3 is 1. The fourth-order valence-corrected chi connectivity index (χ4v) is 4.48. The molecule has 3 unspecified atom stereocenters. The van der Waals surface area contributed by atoms with Crippen molar-refractivity contribution in [1.29, 1.82) is 0 Å². The first-order chi connectivity index (χ1) is 10.4. The van der Waals surface area contributed by atoms with Crippen LogP contribution in [0.2, 0.25) is 5.02 Å². The molecular formula is C18H21ClO3. The average molecular weight is 321 g/mol. The molecule has 1 aromatic rings. The highest BCUT2D eigenvalue weighted by Gasteiger charge is 2.75. The van der Waals surface area contributed by atoms with Crippen LogP contribution < -0.4 is 0 Å². The molecule has 0 aromatic heterocycles. The second-order valence-electron chi connectivity index (χ2n) is 7.01. The number of fused-ring (bicyclic) bond motifs is 1. The van der Waals surface area contributed by atoms with Gasteiger partial charge in [0, 0.05) is 10.4 Å². The minimum Gasteiger partial charge on any atom is -0.468 e. The highest BCUT2D eigenvalue weighted by atomic mass is 35.5. The molecule has 2 saturated carbocycles. The van der Waals surface area contributed by atoms with E-state index in [1.165, 1.54) is 7.11 Å². The summed E-state index contributed by atoms with van der Waals surface area (Å²) in [7, 11) is 1.37. The van der Waals surface area contributed by atoms with E-state index >= 15 is 0 Å². The Kier molecular flexibility index (Phi) is 3.59. The van der Waals surface area contributed by atoms with Gasteiger partial charge in [-0.15, -0.1) is 0 Å². The number of Topliss-reactive ketones (excluding diaryl/α,β-unsaturated/α-hetero) is 1. The predicted octanol–water partition coefficient (Wildman–Crippen LogP) is 3.68. The molecular weight excluding hydrogens is 300 g/mol. The Morgan fingerprint density at radius 3 is 2.45 bits per heavy atom. The van der Waals surface area contributed by atoms with Gasteiger partial charge in [0.2, 0.25) is 0 Å². The largest absolute Gasteiger partial charge is 0.468 e. The zero-order valence-electron chi connectivity index (χ0n) is 13.2. The van der Waals surface area contributed by atoms with Gasteiger partial charge in [-0.3, -0.25) is 9.59 Å². The molecule has 3 atom stereocenters. The molecule has 0 bridgehead atoms. The number of halogens is 1. The van der Waals surface area contributed by atoms with Crippen LogP contribution in [0.1, 0.15) is 32.3 Å². The number of carbonyl (C=O) groups is 2. The van der Waals surface area contributed by atoms with E-state index in [4.69, 9.17) is 16.3 Å². The smallest absolute Gasteiger partial charge is 0.319 e. The van der Waals surface area contributed by atoms with Crippen molar-refractivity contribution in [1.82, 2.24) is 0 Å². The minimum atomic E-state index is -1.02. The van der Waals surface area contributed by atoms with Crippen molar-refractivity contribution in [3.05, 3.63) is 34.9 Å². The Balaban J connectivity index is 1.96. The third kappa shape index (κ3) is 2.02. The zero-order chi connectivity index (χ0) is 16.1. The van der Waals surface area contributed by atoms with Crippen molar-refractivity contribution in [2.75, 3.05) is 7.11 Å². The molecule has 0 amide bonds. The van der Waals surface area contributed by atoms with Crippen LogP contribution in [-0.2, 0) is 20.7 Å². The monoisotopic (exact) mass is 320 g/mol. The van der Waals surface area contributed by atoms with Crippen molar-refractivity contribution in [2.45, 2.75) is 33.1 Å². The van der Waals surface area contributed by atoms with E-state index < -0.39 is 5.41 Å². The van der Waals surface area contributed by atoms with Crippen LogP contribution in [0.25, 0.3) is 0 Å². The van der Waals surface area contributed by atoms with Gasteiger partial charge in [0.1, 0.15) is 5.41 Å². The number of hydrogen-bond donors (Lipinski definition) is 0. The summed E-state index contributed by atoms with van der Waals surface area (Å²) in [5.41, 5.74) is -0.375. The summed E-state index contributed by atoms with van der Waals surface area (Å²) in [4.78, 5) is 25.7. The minimum absolute atomic E-state index is 0.0850. The Hall–Kier alpha value is -1.35. The molecule has 2 fully saturated rings. The lowest BCUT2D eigenvalue weighted by Crippen LogP contribution is -2.43. The summed E-state index contributed by atoms with van der Waals surface area (Å²) in [6, 6.07) is 7.35. The number of esters is 1. The van der Waals surface area contributed by atoms with Gasteiger partial charge >= 0.3 is 5.97 Å². The number of ketones is 1. The van der Waals surface area contributed by atoms with Gasteiger partial charge in [-0.1, -0.05) is 37.6 Å². The average Bonchev–Trinajstić information content (AvgIpc) is 3.16. The second-order valence-corrected chi connectivity index (χ2v) is 7.44. The number of carbonyl (C=O) groups excluding carboxylic acids is 2. The fourth-order valence-electron chi connectivity index (χ4n) is 4.36. The molecule has 2 aliphatic rings. The van der Waals surface area contributed by atoms with Gasteiger partial charge < -0.3 is 4.74 Å². The molecule has 0 aliphatic heterocycles. The van der Waals surface area contributed by atoms with Crippen LogP contribution in [0.15, 0.2) is 24.3 Å². The van der Waals surface area contributed by atoms with E-state index in [2.05, 4.69) is 13.8 Å². The first-order valence-corrected chi connectivity index (χ1v) is 8.12. The van der Waals surface area contributed by atoms with Crippen LogP contribution in [0.5, 0.6) is 0 Å². The van der Waals surface area contributed by atoms with Crippen molar-refractivity contribution in [3.63, 3.8) is 0 Å². The lowest BCUT2D eigenvalue weighted by molar-refractivity contribution is -0.158. The molecule has 0 heterocycles. The molecule has 2 aliphatic carbocycles. The van der Waals surface area contributed by atoms with E-state index in [9.17, 15) is 9.59 Å². The van der Waals surface area contributed by atoms with Crippen LogP contribution in [0.3, 0.4) is 0 Å². The first-order valence-electron chi connectivity index (χ1n) is 7.74. The van der Waals surface area contributed by atoms with Crippen molar-refractivity contribution in [3.8, 4) is 0 Å². The van der Waals surface area contributed by atoms with Crippen LogP contribution in [0, 0.1) is 22.7 Å². The number of hydrogen-bond acceptors (Lipinski definition) is 3. The van der Waals surface area contributed by atoms with Crippen molar-refractivity contribution in [2.24, 2.45) is 22.7 Å². The number of ether oxygens (including phenoxy) is 1. The molecule has 0 N–H and O–H groups in total. The maximum absolute atomic E-state index is 13.2. The van der Waals surface area contributed by atoms with Gasteiger partial charge in [-0.2, -0.15) is 0 Å². The standard InChI is InChI=1S/C18H21ClO3/c1-11(2)18-10-13(18)9-17(15(18)20,16(21)22-3)8-12-4-6-14(19)7-5-12/h4-7,11,13H,8-10H2,1-3H3. The molecule has 22 heavy (non-hydrogen) atoms. The Morgan fingerprint density at radius 1 is 1.32 bits per heavy atom. The molecule has 1 aromatic carbocycles. The predicted molar refractivity (Wildman–Crippen MR) is 84.6 cm³/mol. The molecule has 118 valence electrons. The van der Waals surface area contributed by atoms with Crippen molar-refractivity contribution < 1.29 is 14.3 Å². The first kappa shape index (κ1) is 15.5. The Labute approximate surface area is 136 Å². The van der Waals surface area contributed by atoms with Crippen molar-refractivity contribution >= 4 is 23.4 Å². The summed E-state index contributed by atoms with van der Waals surface area (Å²) in [5, 5.41) is 0.648. The highest BCUT2D eigenvalue weighted by molar-refractivity contribution is 6.30. The molecule has 3 nitrogen and oxygen atoms in total. The Bertz CT molecular complexity index is 622. The maximum atomic E-state index is 13.2. The summed E-state index contributed by atoms with van der Waals surface area (Å²) >= 11 is 5.92. The summed E-state index contributed by atoms with van der Waals surface area (Å²) < 4.78 is 5.01. The summed E-state index contributed by atoms with van der Waals surface area (Å²) in [6.07, 6.45) is 1.93. The van der Waals surface area contributed by atoms with Crippen LogP contribution >= 0.6 is 11.6 Å². The topological polar surface area (TPSA) is 43.4 Å². The molecule has 0 radical (unpaired) electrons. The lowest BCUT2D eigenvalue weighted by atomic mass is 9.73. The fraction of sp³-hybridized carbons (Fsp3) is 0.556. The third-order valence-corrected chi connectivity index (χ3v) is 5.88. The maximum Gasteiger partial charge on any atom is 0.319 e. The number of benzene rings is 1. The third-order valence-electron chi connectivity index (χ3n) is 5.63. The van der Waals surface area contributed by atoms with Gasteiger partial charge in [0.25, 0.3) is 0 Å². The zero-order valence-corrected chi connectivity index (χ0v) is 13.9. The second kappa shape index (κ2) is 5.09. The van der Waals surface area contributed by atoms with Gasteiger partial charge in [-0.05, 0) is 48.8 Å². The normalized spacial score (nSPS) is 33.0. The van der Waals surface area contributed by atoms with Gasteiger partial charge in [0.15, 0.2) is 5.78 Å². The van der Waals surface area contributed by atoms with Gasteiger partial charge in [-0.25, -0.2) is 0 Å². The van der Waals surface area contributed by atoms with E-state index in [-0.39, 0.29) is 23.1 Å². The SMILES string of the molecule is COC(=O)C1(Cc2ccc(Cl)cc2)CC2CC2(C(C)C)C1=O. The summed E-state index contributed by atoms with van der Waals surface area (Å²) in [5.74, 6) is 0.287. The highest BCUT2D eigenvalue weighted by Crippen LogP contribution is 2.70. The molecule has 0 saturated heterocycles. The van der Waals surface area contributed by atoms with E-state index in [1.807, 2.05) is 12.1 Å². The lowest BCUT2D eigenvalue weighted by Gasteiger charge is -2.29. The van der Waals surface area contributed by atoms with E-state index in [1.54, 1.807) is 12.1 Å².